The number of imidazole rings is 1. The molecule has 1 fully saturated rings. The molecule has 150 valence electrons. The summed E-state index contributed by atoms with van der Waals surface area (Å²) in [5, 5.41) is 18.7. The van der Waals surface area contributed by atoms with Gasteiger partial charge in [0.15, 0.2) is 0 Å². The summed E-state index contributed by atoms with van der Waals surface area (Å²) < 4.78 is 31.7. The average Bonchev–Trinajstić information content (AvgIpc) is 3.22. The van der Waals surface area contributed by atoms with Crippen LogP contribution in [-0.4, -0.2) is 61.2 Å². The third kappa shape index (κ3) is 5.88. The van der Waals surface area contributed by atoms with Gasteiger partial charge in [0, 0.05) is 29.8 Å². The fraction of sp³-hybridized carbons (Fsp3) is 0.600. The number of alkyl halides is 3. The number of aromatic nitrogens is 2. The van der Waals surface area contributed by atoms with Crippen LogP contribution in [0.1, 0.15) is 24.2 Å². The quantitative estimate of drug-likeness (QED) is 0.590. The van der Waals surface area contributed by atoms with Gasteiger partial charge < -0.3 is 20.5 Å². The van der Waals surface area contributed by atoms with Crippen molar-refractivity contribution in [2.75, 3.05) is 5.75 Å². The van der Waals surface area contributed by atoms with Gasteiger partial charge >= 0.3 is 18.1 Å². The Labute approximate surface area is 155 Å². The summed E-state index contributed by atoms with van der Waals surface area (Å²) >= 11 is 1.41. The molecule has 2 aliphatic rings. The van der Waals surface area contributed by atoms with Crippen molar-refractivity contribution in [1.29, 1.82) is 0 Å². The van der Waals surface area contributed by atoms with E-state index in [-0.39, 0.29) is 23.1 Å². The lowest BCUT2D eigenvalue weighted by Crippen LogP contribution is -2.41. The summed E-state index contributed by atoms with van der Waals surface area (Å²) in [4.78, 5) is 39.4. The minimum absolute atomic E-state index is 0.0169. The lowest BCUT2D eigenvalue weighted by Gasteiger charge is -2.22. The third-order valence-electron chi connectivity index (χ3n) is 4.22. The van der Waals surface area contributed by atoms with E-state index in [2.05, 4.69) is 15.3 Å². The zero-order valence-corrected chi connectivity index (χ0v) is 14.8. The molecule has 2 heterocycles. The van der Waals surface area contributed by atoms with Gasteiger partial charge in [0.05, 0.1) is 12.0 Å². The molecule has 1 aromatic heterocycles. The summed E-state index contributed by atoms with van der Waals surface area (Å²) in [6.07, 6.45) is -0.548. The number of H-pyrrole nitrogens is 1. The molecule has 0 spiro atoms. The highest BCUT2D eigenvalue weighted by atomic mass is 32.2. The fourth-order valence-corrected chi connectivity index (χ4v) is 4.04. The monoisotopic (exact) mass is 409 g/mol. The zero-order valence-electron chi connectivity index (χ0n) is 14.0. The second-order valence-electron chi connectivity index (χ2n) is 6.17. The fourth-order valence-electron chi connectivity index (χ4n) is 2.84. The van der Waals surface area contributed by atoms with Gasteiger partial charge in [0.2, 0.25) is 5.91 Å². The molecule has 0 radical (unpaired) electrons. The number of carbonyl (C=O) groups excluding carboxylic acids is 1. The minimum atomic E-state index is -5.08. The topological polar surface area (TPSA) is 132 Å². The molecular weight excluding hydrogens is 391 g/mol. The molecular formula is C15H18F3N3O5S. The van der Waals surface area contributed by atoms with Crippen molar-refractivity contribution in [3.05, 3.63) is 17.7 Å². The number of nitrogens with one attached hydrogen (secondary N) is 2. The Balaban J connectivity index is 0.000000321. The average molecular weight is 409 g/mol. The van der Waals surface area contributed by atoms with E-state index in [0.717, 1.165) is 24.2 Å². The second kappa shape index (κ2) is 8.63. The van der Waals surface area contributed by atoms with Crippen molar-refractivity contribution < 1.29 is 37.8 Å². The molecule has 3 atom stereocenters. The van der Waals surface area contributed by atoms with Crippen LogP contribution in [0.5, 0.6) is 0 Å². The first-order valence-electron chi connectivity index (χ1n) is 8.04. The van der Waals surface area contributed by atoms with E-state index in [1.54, 1.807) is 6.33 Å². The number of carboxylic acids is 2. The summed E-state index contributed by atoms with van der Waals surface area (Å²) in [5.41, 5.74) is 2.12. The molecule has 1 saturated heterocycles. The normalized spacial score (nSPS) is 24.3. The number of aryl methyl sites for hydroxylation is 1. The summed E-state index contributed by atoms with van der Waals surface area (Å²) in [5.74, 6) is -2.84. The molecule has 3 rings (SSSR count). The Hall–Kier alpha value is -2.24. The molecule has 0 saturated carbocycles. The Morgan fingerprint density at radius 2 is 1.96 bits per heavy atom. The van der Waals surface area contributed by atoms with Crippen molar-refractivity contribution in [3.63, 3.8) is 0 Å². The Morgan fingerprint density at radius 1 is 1.30 bits per heavy atom. The number of aliphatic carboxylic acids is 2. The Kier molecular flexibility index (Phi) is 6.73. The zero-order chi connectivity index (χ0) is 20.2. The lowest BCUT2D eigenvalue weighted by atomic mass is 9.89. The van der Waals surface area contributed by atoms with Crippen molar-refractivity contribution in [2.45, 2.75) is 43.2 Å². The van der Waals surface area contributed by atoms with E-state index in [4.69, 9.17) is 15.0 Å². The number of thioether (sulfide) groups is 1. The first-order valence-corrected chi connectivity index (χ1v) is 9.08. The van der Waals surface area contributed by atoms with Crippen LogP contribution in [0.3, 0.4) is 0 Å². The van der Waals surface area contributed by atoms with Crippen LogP contribution in [0.25, 0.3) is 0 Å². The van der Waals surface area contributed by atoms with Crippen LogP contribution in [-0.2, 0) is 27.2 Å². The van der Waals surface area contributed by atoms with Gasteiger partial charge in [-0.2, -0.15) is 13.2 Å². The predicted octanol–water partition coefficient (Wildman–Crippen LogP) is 1.22. The molecule has 1 aliphatic heterocycles. The number of rotatable bonds is 3. The molecule has 1 amide bonds. The van der Waals surface area contributed by atoms with Gasteiger partial charge in [-0.15, -0.1) is 11.8 Å². The first kappa shape index (κ1) is 21.1. The van der Waals surface area contributed by atoms with E-state index in [0.29, 0.717) is 18.6 Å². The number of carboxylic acid groups (broad SMARTS) is 2. The van der Waals surface area contributed by atoms with Crippen LogP contribution in [0, 0.1) is 5.92 Å². The number of halogens is 3. The summed E-state index contributed by atoms with van der Waals surface area (Å²) in [6, 6.07) is -0.0169. The predicted molar refractivity (Wildman–Crippen MR) is 88.2 cm³/mol. The van der Waals surface area contributed by atoms with E-state index in [9.17, 15) is 22.8 Å². The number of aromatic amines is 1. The molecule has 0 bridgehead atoms. The minimum Gasteiger partial charge on any atom is -0.480 e. The number of amides is 1. The highest BCUT2D eigenvalue weighted by molar-refractivity contribution is 8.00. The van der Waals surface area contributed by atoms with Crippen LogP contribution in [0.4, 0.5) is 13.2 Å². The van der Waals surface area contributed by atoms with Crippen molar-refractivity contribution in [2.24, 2.45) is 5.92 Å². The van der Waals surface area contributed by atoms with Crippen molar-refractivity contribution in [3.8, 4) is 0 Å². The standard InChI is InChI=1S/C13H17N3O3S.C2HF3O2/c17-12(16-8-4-11(13(18)19)20-5-8)7-1-2-9-10(3-7)15-6-14-9;3-2(4,5)1(6)7/h6-8,11H,1-5H2,(H,14,15)(H,16,17)(H,18,19);(H,6,7)/t7?,8-,11-;/m0./s1. The maximum Gasteiger partial charge on any atom is 0.490 e. The van der Waals surface area contributed by atoms with Crippen LogP contribution >= 0.6 is 11.8 Å². The number of hydrogen-bond donors (Lipinski definition) is 4. The van der Waals surface area contributed by atoms with E-state index >= 15 is 0 Å². The lowest BCUT2D eigenvalue weighted by molar-refractivity contribution is -0.192. The SMILES string of the molecule is O=C(N[C@@H]1CS[C@H](C(=O)O)C1)C1CCc2nc[nH]c2C1.O=C(O)C(F)(F)F. The van der Waals surface area contributed by atoms with Gasteiger partial charge in [-0.1, -0.05) is 0 Å². The van der Waals surface area contributed by atoms with Crippen molar-refractivity contribution >= 4 is 29.6 Å². The largest absolute Gasteiger partial charge is 0.490 e. The smallest absolute Gasteiger partial charge is 0.480 e. The highest BCUT2D eigenvalue weighted by Crippen LogP contribution is 2.28. The van der Waals surface area contributed by atoms with Gasteiger partial charge in [-0.25, -0.2) is 9.78 Å². The molecule has 1 aliphatic carbocycles. The first-order chi connectivity index (χ1) is 12.6. The molecule has 12 heteroatoms. The van der Waals surface area contributed by atoms with Crippen LogP contribution in [0.15, 0.2) is 6.33 Å². The Bertz CT molecular complexity index is 709. The van der Waals surface area contributed by atoms with Gasteiger partial charge in [0.1, 0.15) is 5.25 Å². The molecule has 1 unspecified atom stereocenters. The molecule has 4 N–H and O–H groups in total. The number of hydrogen-bond acceptors (Lipinski definition) is 5. The molecule has 0 aromatic carbocycles. The summed E-state index contributed by atoms with van der Waals surface area (Å²) in [6.45, 7) is 0. The molecule has 1 aromatic rings. The maximum absolute atomic E-state index is 12.3. The third-order valence-corrected chi connectivity index (χ3v) is 5.61. The van der Waals surface area contributed by atoms with E-state index < -0.39 is 18.1 Å². The maximum atomic E-state index is 12.3. The van der Waals surface area contributed by atoms with Gasteiger partial charge in [0.25, 0.3) is 0 Å². The van der Waals surface area contributed by atoms with E-state index in [1.807, 2.05) is 0 Å². The van der Waals surface area contributed by atoms with Crippen LogP contribution < -0.4 is 5.32 Å². The summed E-state index contributed by atoms with van der Waals surface area (Å²) in [7, 11) is 0. The second-order valence-corrected chi connectivity index (χ2v) is 7.41. The number of carbonyl (C=O) groups is 3. The van der Waals surface area contributed by atoms with Crippen LogP contribution in [0.2, 0.25) is 0 Å². The number of nitrogens with zero attached hydrogens (tertiary/aromatic N) is 1. The van der Waals surface area contributed by atoms with Gasteiger partial charge in [-0.3, -0.25) is 9.59 Å². The molecule has 27 heavy (non-hydrogen) atoms. The van der Waals surface area contributed by atoms with Gasteiger partial charge in [-0.05, 0) is 19.3 Å². The van der Waals surface area contributed by atoms with E-state index in [1.165, 1.54) is 11.8 Å². The molecule has 8 nitrogen and oxygen atoms in total. The highest BCUT2D eigenvalue weighted by Gasteiger charge is 2.38. The number of fused-ring (bicyclic) bond motifs is 1. The van der Waals surface area contributed by atoms with Crippen molar-refractivity contribution in [1.82, 2.24) is 15.3 Å². The Morgan fingerprint density at radius 3 is 2.52 bits per heavy atom.